The van der Waals surface area contributed by atoms with E-state index in [9.17, 15) is 8.42 Å². The van der Waals surface area contributed by atoms with Gasteiger partial charge < -0.3 is 10.6 Å². The van der Waals surface area contributed by atoms with E-state index in [1.165, 1.54) is 18.3 Å². The van der Waals surface area contributed by atoms with Gasteiger partial charge in [-0.3, -0.25) is 9.71 Å². The van der Waals surface area contributed by atoms with Crippen LogP contribution >= 0.6 is 23.8 Å². The van der Waals surface area contributed by atoms with Crippen molar-refractivity contribution in [1.82, 2.24) is 9.97 Å². The molecular formula is C21H16ClN5O2S2. The molecule has 2 aromatic heterocycles. The van der Waals surface area contributed by atoms with Gasteiger partial charge in [-0.1, -0.05) is 17.7 Å². The number of hydrogen-bond acceptors (Lipinski definition) is 5. The molecule has 0 saturated heterocycles. The van der Waals surface area contributed by atoms with Crippen molar-refractivity contribution < 1.29 is 8.42 Å². The molecule has 4 rings (SSSR count). The fourth-order valence-electron chi connectivity index (χ4n) is 2.85. The predicted molar refractivity (Wildman–Crippen MR) is 128 cm³/mol. The lowest BCUT2D eigenvalue weighted by Crippen LogP contribution is -2.19. The lowest BCUT2D eigenvalue weighted by atomic mass is 10.2. The predicted octanol–water partition coefficient (Wildman–Crippen LogP) is 4.89. The fourth-order valence-corrected chi connectivity index (χ4v) is 4.25. The maximum absolute atomic E-state index is 12.5. The molecule has 2 aromatic carbocycles. The summed E-state index contributed by atoms with van der Waals surface area (Å²) < 4.78 is 27.4. The van der Waals surface area contributed by atoms with Gasteiger partial charge in [0.05, 0.1) is 16.1 Å². The number of fused-ring (bicyclic) bond motifs is 1. The van der Waals surface area contributed by atoms with E-state index >= 15 is 0 Å². The summed E-state index contributed by atoms with van der Waals surface area (Å²) >= 11 is 11.4. The number of halogens is 1. The molecule has 0 atom stereocenters. The molecule has 4 aromatic rings. The minimum absolute atomic E-state index is 0.111. The maximum Gasteiger partial charge on any atom is 0.263 e. The highest BCUT2D eigenvalue weighted by atomic mass is 35.5. The number of pyridine rings is 2. The highest BCUT2D eigenvalue weighted by Crippen LogP contribution is 2.25. The van der Waals surface area contributed by atoms with Crippen molar-refractivity contribution in [3.8, 4) is 0 Å². The van der Waals surface area contributed by atoms with Crippen molar-refractivity contribution in [2.75, 3.05) is 15.4 Å². The van der Waals surface area contributed by atoms with Gasteiger partial charge in [-0.05, 0) is 72.9 Å². The third-order valence-electron chi connectivity index (χ3n) is 4.28. The lowest BCUT2D eigenvalue weighted by molar-refractivity contribution is 0.601. The molecule has 2 heterocycles. The van der Waals surface area contributed by atoms with Crippen LogP contribution in [0.15, 0.2) is 84.0 Å². The second-order valence-electron chi connectivity index (χ2n) is 6.44. The van der Waals surface area contributed by atoms with Crippen LogP contribution in [0.4, 0.5) is 17.2 Å². The zero-order valence-electron chi connectivity index (χ0n) is 15.9. The van der Waals surface area contributed by atoms with Gasteiger partial charge in [-0.2, -0.15) is 0 Å². The fraction of sp³-hybridized carbons (Fsp3) is 0. The number of anilines is 3. The number of nitrogens with one attached hydrogen (secondary N) is 3. The van der Waals surface area contributed by atoms with Crippen molar-refractivity contribution >= 4 is 67.1 Å². The number of rotatable bonds is 5. The molecule has 7 nitrogen and oxygen atoms in total. The third-order valence-corrected chi connectivity index (χ3v) is 6.09. The van der Waals surface area contributed by atoms with E-state index in [2.05, 4.69) is 25.3 Å². The van der Waals surface area contributed by atoms with Crippen molar-refractivity contribution in [3.05, 3.63) is 84.1 Å². The van der Waals surface area contributed by atoms with Crippen LogP contribution in [0.3, 0.4) is 0 Å². The SMILES string of the molecule is O=S(=O)(Nc1ccccn1)c1ccc(NC(=S)Nc2ccnc3cc(Cl)ccc23)cc1. The Balaban J connectivity index is 1.45. The minimum Gasteiger partial charge on any atom is -0.332 e. The van der Waals surface area contributed by atoms with Gasteiger partial charge in [0.25, 0.3) is 10.0 Å². The zero-order valence-corrected chi connectivity index (χ0v) is 18.3. The summed E-state index contributed by atoms with van der Waals surface area (Å²) in [5.74, 6) is 0.251. The Morgan fingerprint density at radius 1 is 0.903 bits per heavy atom. The first-order valence-electron chi connectivity index (χ1n) is 9.07. The number of thiocarbonyl (C=S) groups is 1. The largest absolute Gasteiger partial charge is 0.332 e. The van der Waals surface area contributed by atoms with E-state index in [-0.39, 0.29) is 10.7 Å². The van der Waals surface area contributed by atoms with Gasteiger partial charge in [-0.15, -0.1) is 0 Å². The van der Waals surface area contributed by atoms with Crippen LogP contribution in [0.25, 0.3) is 10.9 Å². The van der Waals surface area contributed by atoms with Crippen molar-refractivity contribution in [1.29, 1.82) is 0 Å². The van der Waals surface area contributed by atoms with Crippen molar-refractivity contribution in [2.45, 2.75) is 4.90 Å². The number of nitrogens with zero attached hydrogens (tertiary/aromatic N) is 2. The Labute approximate surface area is 189 Å². The summed E-state index contributed by atoms with van der Waals surface area (Å²) in [6.07, 6.45) is 3.18. The minimum atomic E-state index is -3.74. The van der Waals surface area contributed by atoms with Crippen LogP contribution < -0.4 is 15.4 Å². The molecule has 0 aliphatic heterocycles. The smallest absolute Gasteiger partial charge is 0.263 e. The molecular weight excluding hydrogens is 454 g/mol. The molecule has 0 amide bonds. The Bertz CT molecular complexity index is 1350. The molecule has 0 aliphatic rings. The van der Waals surface area contributed by atoms with Gasteiger partial charge in [0, 0.05) is 28.5 Å². The molecule has 31 heavy (non-hydrogen) atoms. The number of aromatic nitrogens is 2. The van der Waals surface area contributed by atoms with E-state index in [0.29, 0.717) is 15.8 Å². The lowest BCUT2D eigenvalue weighted by Gasteiger charge is -2.13. The molecule has 0 fully saturated rings. The van der Waals surface area contributed by atoms with Crippen LogP contribution in [0.5, 0.6) is 0 Å². The molecule has 0 unspecified atom stereocenters. The Kier molecular flexibility index (Phi) is 5.99. The molecule has 0 saturated carbocycles. The number of benzene rings is 2. The van der Waals surface area contributed by atoms with Gasteiger partial charge in [-0.25, -0.2) is 13.4 Å². The summed E-state index contributed by atoms with van der Waals surface area (Å²) in [5.41, 5.74) is 2.16. The van der Waals surface area contributed by atoms with E-state index in [0.717, 1.165) is 16.6 Å². The van der Waals surface area contributed by atoms with E-state index in [1.54, 1.807) is 48.7 Å². The molecule has 3 N–H and O–H groups in total. The molecule has 0 aliphatic carbocycles. The highest BCUT2D eigenvalue weighted by Gasteiger charge is 2.14. The molecule has 156 valence electrons. The topological polar surface area (TPSA) is 96.0 Å². The van der Waals surface area contributed by atoms with Crippen molar-refractivity contribution in [2.24, 2.45) is 0 Å². The van der Waals surface area contributed by atoms with Crippen LogP contribution in [0.2, 0.25) is 5.02 Å². The van der Waals surface area contributed by atoms with Gasteiger partial charge in [0.1, 0.15) is 5.82 Å². The maximum atomic E-state index is 12.5. The van der Waals surface area contributed by atoms with E-state index in [4.69, 9.17) is 23.8 Å². The molecule has 0 radical (unpaired) electrons. The van der Waals surface area contributed by atoms with E-state index in [1.807, 2.05) is 12.1 Å². The number of hydrogen-bond donors (Lipinski definition) is 3. The van der Waals surface area contributed by atoms with Crippen LogP contribution in [-0.4, -0.2) is 23.5 Å². The summed E-state index contributed by atoms with van der Waals surface area (Å²) in [7, 11) is -3.74. The molecule has 10 heteroatoms. The highest BCUT2D eigenvalue weighted by molar-refractivity contribution is 7.92. The summed E-state index contributed by atoms with van der Waals surface area (Å²) in [6, 6.07) is 18.5. The van der Waals surface area contributed by atoms with Gasteiger partial charge >= 0.3 is 0 Å². The monoisotopic (exact) mass is 469 g/mol. The zero-order chi connectivity index (χ0) is 21.8. The van der Waals surface area contributed by atoms with Crippen LogP contribution in [0, 0.1) is 0 Å². The number of sulfonamides is 1. The van der Waals surface area contributed by atoms with E-state index < -0.39 is 10.0 Å². The average molecular weight is 470 g/mol. The first-order valence-corrected chi connectivity index (χ1v) is 11.3. The Morgan fingerprint density at radius 3 is 2.45 bits per heavy atom. The normalized spacial score (nSPS) is 11.1. The van der Waals surface area contributed by atoms with Gasteiger partial charge in [0.15, 0.2) is 5.11 Å². The standard InChI is InChI=1S/C21H16ClN5O2S2/c22-14-4-9-17-18(10-12-23-19(17)13-14)26-21(30)25-15-5-7-16(8-6-15)31(28,29)27-20-3-1-2-11-24-20/h1-13H,(H,24,27)(H2,23,25,26,30). The van der Waals surface area contributed by atoms with Crippen LogP contribution in [0.1, 0.15) is 0 Å². The van der Waals surface area contributed by atoms with Gasteiger partial charge in [0.2, 0.25) is 0 Å². The summed E-state index contributed by atoms with van der Waals surface area (Å²) in [4.78, 5) is 8.38. The molecule has 0 bridgehead atoms. The molecule has 0 spiro atoms. The second-order valence-corrected chi connectivity index (χ2v) is 8.97. The second kappa shape index (κ2) is 8.84. The summed E-state index contributed by atoms with van der Waals surface area (Å²) in [6.45, 7) is 0. The van der Waals surface area contributed by atoms with Crippen LogP contribution in [-0.2, 0) is 10.0 Å². The third kappa shape index (κ3) is 5.08. The van der Waals surface area contributed by atoms with Crippen molar-refractivity contribution in [3.63, 3.8) is 0 Å². The first-order chi connectivity index (χ1) is 14.9. The first kappa shape index (κ1) is 21.0. The Morgan fingerprint density at radius 2 is 1.71 bits per heavy atom. The quantitative estimate of drug-likeness (QED) is 0.358. The average Bonchev–Trinajstić information content (AvgIpc) is 2.74. The summed E-state index contributed by atoms with van der Waals surface area (Å²) in [5, 5.41) is 8.00. The Hall–Kier alpha value is -3.27.